The van der Waals surface area contributed by atoms with Crippen LogP contribution in [0.2, 0.25) is 0 Å². The molecule has 0 bridgehead atoms. The Labute approximate surface area is 174 Å². The summed E-state index contributed by atoms with van der Waals surface area (Å²) in [6, 6.07) is 25.9. The van der Waals surface area contributed by atoms with Crippen molar-refractivity contribution < 1.29 is 9.84 Å². The lowest BCUT2D eigenvalue weighted by Crippen LogP contribution is -2.10. The highest BCUT2D eigenvalue weighted by Gasteiger charge is 2.13. The summed E-state index contributed by atoms with van der Waals surface area (Å²) >= 11 is 0. The quantitative estimate of drug-likeness (QED) is 0.478. The molecule has 0 aliphatic heterocycles. The van der Waals surface area contributed by atoms with Crippen molar-refractivity contribution in [2.24, 2.45) is 5.73 Å². The fourth-order valence-electron chi connectivity index (χ4n) is 3.20. The monoisotopic (exact) mass is 389 g/mol. The fourth-order valence-corrected chi connectivity index (χ4v) is 3.20. The van der Waals surface area contributed by atoms with Crippen LogP contribution < -0.4 is 10.5 Å². The minimum absolute atomic E-state index is 0.265. The molecule has 0 amide bonds. The lowest BCUT2D eigenvalue weighted by molar-refractivity contribution is 0.328. The van der Waals surface area contributed by atoms with E-state index in [4.69, 9.17) is 10.5 Å². The zero-order valence-corrected chi connectivity index (χ0v) is 17.6. The number of ether oxygens (including phenoxy) is 1. The minimum Gasteiger partial charge on any atom is -0.508 e. The third-order valence-electron chi connectivity index (χ3n) is 4.46. The Balaban J connectivity index is 0.00000145. The van der Waals surface area contributed by atoms with Gasteiger partial charge < -0.3 is 15.6 Å². The van der Waals surface area contributed by atoms with Gasteiger partial charge in [0, 0.05) is 6.54 Å². The van der Waals surface area contributed by atoms with Crippen LogP contribution in [0.1, 0.15) is 43.9 Å². The molecular formula is C26H31NO2. The molecule has 3 nitrogen and oxygen atoms in total. The van der Waals surface area contributed by atoms with E-state index >= 15 is 0 Å². The number of rotatable bonds is 7. The van der Waals surface area contributed by atoms with Gasteiger partial charge in [-0.3, -0.25) is 0 Å². The van der Waals surface area contributed by atoms with Crippen LogP contribution in [-0.2, 0) is 0 Å². The van der Waals surface area contributed by atoms with Gasteiger partial charge in [0.15, 0.2) is 0 Å². The van der Waals surface area contributed by atoms with Gasteiger partial charge in [0.1, 0.15) is 18.1 Å². The number of aromatic hydroxyl groups is 1. The summed E-state index contributed by atoms with van der Waals surface area (Å²) in [7, 11) is 0. The molecule has 0 aliphatic rings. The van der Waals surface area contributed by atoms with Gasteiger partial charge in [-0.2, -0.15) is 0 Å². The first kappa shape index (κ1) is 22.3. The fraction of sp³-hybridized carbons (Fsp3) is 0.231. The van der Waals surface area contributed by atoms with Crippen LogP contribution in [-0.4, -0.2) is 18.3 Å². The van der Waals surface area contributed by atoms with Gasteiger partial charge >= 0.3 is 0 Å². The van der Waals surface area contributed by atoms with E-state index < -0.39 is 0 Å². The second-order valence-electron chi connectivity index (χ2n) is 6.28. The molecule has 0 spiro atoms. The molecule has 0 heterocycles. The number of benzene rings is 3. The highest BCUT2D eigenvalue weighted by Crippen LogP contribution is 2.35. The van der Waals surface area contributed by atoms with Gasteiger partial charge in [0.2, 0.25) is 0 Å². The predicted octanol–water partition coefficient (Wildman–Crippen LogP) is 6.13. The highest BCUT2D eigenvalue weighted by atomic mass is 16.5. The van der Waals surface area contributed by atoms with Crippen molar-refractivity contribution in [1.82, 2.24) is 0 Å². The van der Waals surface area contributed by atoms with Crippen LogP contribution in [0.3, 0.4) is 0 Å². The molecule has 3 heteroatoms. The maximum absolute atomic E-state index is 9.70. The van der Waals surface area contributed by atoms with Gasteiger partial charge in [-0.15, -0.1) is 0 Å². The summed E-state index contributed by atoms with van der Waals surface area (Å²) in [5.74, 6) is 1.08. The number of phenols is 1. The van der Waals surface area contributed by atoms with E-state index in [2.05, 4.69) is 43.3 Å². The molecule has 0 unspecified atom stereocenters. The van der Waals surface area contributed by atoms with E-state index in [0.717, 1.165) is 28.9 Å². The average molecular weight is 390 g/mol. The van der Waals surface area contributed by atoms with Crippen LogP contribution in [0, 0.1) is 0 Å². The van der Waals surface area contributed by atoms with Crippen molar-refractivity contribution in [2.75, 3.05) is 13.2 Å². The Morgan fingerprint density at radius 3 is 1.86 bits per heavy atom. The summed E-state index contributed by atoms with van der Waals surface area (Å²) < 4.78 is 5.61. The molecular weight excluding hydrogens is 358 g/mol. The number of phenolic OH excluding ortho intramolecular Hbond substituents is 1. The Hall–Kier alpha value is -3.04. The van der Waals surface area contributed by atoms with E-state index in [9.17, 15) is 5.11 Å². The van der Waals surface area contributed by atoms with Crippen molar-refractivity contribution >= 4 is 11.1 Å². The van der Waals surface area contributed by atoms with E-state index in [1.165, 1.54) is 11.1 Å². The van der Waals surface area contributed by atoms with Crippen LogP contribution in [0.4, 0.5) is 0 Å². The van der Waals surface area contributed by atoms with E-state index in [0.29, 0.717) is 13.2 Å². The summed E-state index contributed by atoms with van der Waals surface area (Å²) in [5, 5.41) is 9.70. The first-order valence-corrected chi connectivity index (χ1v) is 10.2. The second-order valence-corrected chi connectivity index (χ2v) is 6.28. The number of hydrogen-bond donors (Lipinski definition) is 2. The first-order valence-electron chi connectivity index (χ1n) is 10.2. The topological polar surface area (TPSA) is 55.5 Å². The maximum Gasteiger partial charge on any atom is 0.119 e. The van der Waals surface area contributed by atoms with Crippen molar-refractivity contribution in [1.29, 1.82) is 0 Å². The molecule has 0 saturated carbocycles. The maximum atomic E-state index is 9.70. The first-order chi connectivity index (χ1) is 14.2. The molecule has 152 valence electrons. The van der Waals surface area contributed by atoms with Gasteiger partial charge in [-0.1, -0.05) is 75.4 Å². The normalized spacial score (nSPS) is 11.2. The number of hydrogen-bond acceptors (Lipinski definition) is 3. The van der Waals surface area contributed by atoms with Crippen LogP contribution in [0.15, 0.2) is 78.9 Å². The second kappa shape index (κ2) is 11.7. The SMILES string of the molecule is CC.CC/C(=C(\c1ccc(O)cc1)c1ccc(OCCN)cc1)c1ccccc1. The summed E-state index contributed by atoms with van der Waals surface area (Å²) in [5.41, 5.74) is 11.3. The molecule has 3 aromatic carbocycles. The lowest BCUT2D eigenvalue weighted by atomic mass is 9.88. The molecule has 3 rings (SSSR count). The van der Waals surface area contributed by atoms with Gasteiger partial charge in [-0.25, -0.2) is 0 Å². The summed E-state index contributed by atoms with van der Waals surface area (Å²) in [6.07, 6.45) is 0.894. The molecule has 0 saturated heterocycles. The third kappa shape index (κ3) is 5.97. The zero-order chi connectivity index (χ0) is 21.1. The predicted molar refractivity (Wildman–Crippen MR) is 123 cm³/mol. The Bertz CT molecular complexity index is 882. The van der Waals surface area contributed by atoms with Crippen molar-refractivity contribution in [3.63, 3.8) is 0 Å². The molecule has 3 aromatic rings. The Morgan fingerprint density at radius 1 is 0.793 bits per heavy atom. The Kier molecular flexibility index (Phi) is 9.00. The molecule has 0 fully saturated rings. The Morgan fingerprint density at radius 2 is 1.34 bits per heavy atom. The van der Waals surface area contributed by atoms with E-state index in [-0.39, 0.29) is 5.75 Å². The van der Waals surface area contributed by atoms with Crippen molar-refractivity contribution in [3.05, 3.63) is 95.6 Å². The van der Waals surface area contributed by atoms with Gasteiger partial charge in [-0.05, 0) is 58.5 Å². The van der Waals surface area contributed by atoms with Crippen LogP contribution in [0.5, 0.6) is 11.5 Å². The molecule has 0 aliphatic carbocycles. The standard InChI is InChI=1S/C24H25NO2.C2H6/c1-2-23(18-6-4-3-5-7-18)24(19-8-12-21(26)13-9-19)20-10-14-22(15-11-20)27-17-16-25;1-2/h3-15,26H,2,16-17,25H2,1H3;1-2H3/b24-23-;. The summed E-state index contributed by atoms with van der Waals surface area (Å²) in [4.78, 5) is 0. The lowest BCUT2D eigenvalue weighted by Gasteiger charge is -2.17. The minimum atomic E-state index is 0.265. The zero-order valence-electron chi connectivity index (χ0n) is 17.6. The molecule has 29 heavy (non-hydrogen) atoms. The largest absolute Gasteiger partial charge is 0.508 e. The third-order valence-corrected chi connectivity index (χ3v) is 4.46. The van der Waals surface area contributed by atoms with E-state index in [1.54, 1.807) is 12.1 Å². The molecule has 3 N–H and O–H groups in total. The van der Waals surface area contributed by atoms with Crippen LogP contribution >= 0.6 is 0 Å². The van der Waals surface area contributed by atoms with Crippen molar-refractivity contribution in [2.45, 2.75) is 27.2 Å². The van der Waals surface area contributed by atoms with Crippen molar-refractivity contribution in [3.8, 4) is 11.5 Å². The van der Waals surface area contributed by atoms with Crippen LogP contribution in [0.25, 0.3) is 11.1 Å². The highest BCUT2D eigenvalue weighted by molar-refractivity contribution is 5.98. The number of allylic oxidation sites excluding steroid dienone is 1. The average Bonchev–Trinajstić information content (AvgIpc) is 2.79. The molecule has 0 atom stereocenters. The molecule has 0 radical (unpaired) electrons. The smallest absolute Gasteiger partial charge is 0.119 e. The van der Waals surface area contributed by atoms with Gasteiger partial charge in [0.05, 0.1) is 0 Å². The molecule has 0 aromatic heterocycles. The van der Waals surface area contributed by atoms with E-state index in [1.807, 2.05) is 44.2 Å². The van der Waals surface area contributed by atoms with Gasteiger partial charge in [0.25, 0.3) is 0 Å². The summed E-state index contributed by atoms with van der Waals surface area (Å²) in [6.45, 7) is 7.17. The number of nitrogens with two attached hydrogens (primary N) is 1.